The second-order valence-electron chi connectivity index (χ2n) is 7.28. The van der Waals surface area contributed by atoms with Crippen LogP contribution in [0.25, 0.3) is 0 Å². The van der Waals surface area contributed by atoms with Crippen molar-refractivity contribution in [2.24, 2.45) is 5.92 Å². The molecule has 0 saturated heterocycles. The first-order chi connectivity index (χ1) is 12.4. The molecule has 2 aromatic rings. The first-order valence-corrected chi connectivity index (χ1v) is 9.15. The number of nitrogens with one attached hydrogen (secondary N) is 1. The minimum atomic E-state index is -0.961. The van der Waals surface area contributed by atoms with Crippen molar-refractivity contribution in [2.75, 3.05) is 0 Å². The van der Waals surface area contributed by atoms with Gasteiger partial charge in [-0.1, -0.05) is 43.2 Å². The van der Waals surface area contributed by atoms with Crippen LogP contribution in [0, 0.1) is 19.8 Å². The average molecular weight is 354 g/mol. The molecule has 2 unspecified atom stereocenters. The molecule has 3 rings (SSSR count). The van der Waals surface area contributed by atoms with Crippen LogP contribution in [0.15, 0.2) is 36.4 Å². The molecule has 1 aliphatic carbocycles. The van der Waals surface area contributed by atoms with Gasteiger partial charge < -0.3 is 15.0 Å². The van der Waals surface area contributed by atoms with E-state index in [1.807, 2.05) is 38.1 Å². The van der Waals surface area contributed by atoms with Crippen LogP contribution in [-0.4, -0.2) is 27.6 Å². The van der Waals surface area contributed by atoms with E-state index in [0.29, 0.717) is 17.9 Å². The Balaban J connectivity index is 1.82. The molecule has 5 nitrogen and oxygen atoms in total. The van der Waals surface area contributed by atoms with Crippen LogP contribution in [-0.2, 0) is 4.79 Å². The van der Waals surface area contributed by atoms with E-state index >= 15 is 0 Å². The maximum absolute atomic E-state index is 12.7. The summed E-state index contributed by atoms with van der Waals surface area (Å²) in [5.74, 6) is -0.837. The summed E-state index contributed by atoms with van der Waals surface area (Å²) < 4.78 is 2.13. The predicted octanol–water partition coefficient (Wildman–Crippen LogP) is 3.70. The van der Waals surface area contributed by atoms with E-state index in [-0.39, 0.29) is 11.9 Å². The second-order valence-corrected chi connectivity index (χ2v) is 7.28. The molecule has 5 heteroatoms. The van der Waals surface area contributed by atoms with E-state index < -0.39 is 12.0 Å². The lowest BCUT2D eigenvalue weighted by Gasteiger charge is -2.19. The van der Waals surface area contributed by atoms with Gasteiger partial charge in [0.15, 0.2) is 0 Å². The third-order valence-corrected chi connectivity index (χ3v) is 5.27. The zero-order valence-electron chi connectivity index (χ0n) is 15.5. The number of aromatic nitrogens is 1. The number of benzene rings is 1. The first kappa shape index (κ1) is 18.2. The van der Waals surface area contributed by atoms with Crippen LogP contribution in [0.4, 0.5) is 0 Å². The number of carboxylic acids is 1. The number of carbonyl (C=O) groups excluding carboxylic acids is 1. The Morgan fingerprint density at radius 3 is 2.46 bits per heavy atom. The Morgan fingerprint density at radius 2 is 1.88 bits per heavy atom. The number of nitrogens with zero attached hydrogens (tertiary/aromatic N) is 1. The van der Waals surface area contributed by atoms with E-state index in [9.17, 15) is 14.7 Å². The minimum absolute atomic E-state index is 0.0967. The molecule has 1 aliphatic rings. The van der Waals surface area contributed by atoms with E-state index in [0.717, 1.165) is 24.2 Å². The van der Waals surface area contributed by atoms with E-state index in [1.54, 1.807) is 0 Å². The van der Waals surface area contributed by atoms with Crippen LogP contribution < -0.4 is 5.32 Å². The SMILES string of the molecule is Cc1cc(C(=O)NC(CC2CC2)C(=O)O)c(C)n1C(C)c1ccccc1. The molecule has 2 N–H and O–H groups in total. The molecule has 0 radical (unpaired) electrons. The fraction of sp³-hybridized carbons (Fsp3) is 0.429. The van der Waals surface area contributed by atoms with Crippen molar-refractivity contribution in [3.63, 3.8) is 0 Å². The number of carbonyl (C=O) groups is 2. The summed E-state index contributed by atoms with van der Waals surface area (Å²) in [5, 5.41) is 12.1. The van der Waals surface area contributed by atoms with Crippen molar-refractivity contribution < 1.29 is 14.7 Å². The fourth-order valence-corrected chi connectivity index (χ4v) is 3.63. The molecule has 1 saturated carbocycles. The largest absolute Gasteiger partial charge is 0.480 e. The van der Waals surface area contributed by atoms with Crippen molar-refractivity contribution in [2.45, 2.75) is 52.1 Å². The van der Waals surface area contributed by atoms with Gasteiger partial charge in [0.05, 0.1) is 11.6 Å². The summed E-state index contributed by atoms with van der Waals surface area (Å²) in [7, 11) is 0. The van der Waals surface area contributed by atoms with Crippen molar-refractivity contribution in [3.8, 4) is 0 Å². The van der Waals surface area contributed by atoms with Gasteiger partial charge in [0.25, 0.3) is 5.91 Å². The first-order valence-electron chi connectivity index (χ1n) is 9.15. The lowest BCUT2D eigenvalue weighted by molar-refractivity contribution is -0.139. The standard InChI is InChI=1S/C21H26N2O3/c1-13-11-18(20(24)22-19(21(25)26)12-16-9-10-16)15(3)23(13)14(2)17-7-5-4-6-8-17/h4-8,11,14,16,19H,9-10,12H2,1-3H3,(H,22,24)(H,25,26). The van der Waals surface area contributed by atoms with Gasteiger partial charge >= 0.3 is 5.97 Å². The van der Waals surface area contributed by atoms with Gasteiger partial charge in [-0.15, -0.1) is 0 Å². The molecule has 0 spiro atoms. The van der Waals surface area contributed by atoms with Gasteiger partial charge in [-0.05, 0) is 44.7 Å². The summed E-state index contributed by atoms with van der Waals surface area (Å²) in [6.07, 6.45) is 2.63. The highest BCUT2D eigenvalue weighted by Crippen LogP contribution is 2.33. The third-order valence-electron chi connectivity index (χ3n) is 5.27. The normalized spacial score (nSPS) is 16.1. The number of rotatable bonds is 7. The summed E-state index contributed by atoms with van der Waals surface area (Å²) in [6.45, 7) is 5.99. The Hall–Kier alpha value is -2.56. The van der Waals surface area contributed by atoms with Gasteiger partial charge in [-0.3, -0.25) is 4.79 Å². The van der Waals surface area contributed by atoms with Crippen molar-refractivity contribution >= 4 is 11.9 Å². The van der Waals surface area contributed by atoms with Gasteiger partial charge in [-0.25, -0.2) is 4.79 Å². The van der Waals surface area contributed by atoms with E-state index in [4.69, 9.17) is 0 Å². The fourth-order valence-electron chi connectivity index (χ4n) is 3.63. The molecular formula is C21H26N2O3. The predicted molar refractivity (Wildman–Crippen MR) is 100 cm³/mol. The molecule has 1 aromatic heterocycles. The van der Waals surface area contributed by atoms with Gasteiger partial charge in [0, 0.05) is 11.4 Å². The number of hydrogen-bond donors (Lipinski definition) is 2. The van der Waals surface area contributed by atoms with Gasteiger partial charge in [0.2, 0.25) is 0 Å². The topological polar surface area (TPSA) is 71.3 Å². The summed E-state index contributed by atoms with van der Waals surface area (Å²) in [4.78, 5) is 24.2. The number of hydrogen-bond acceptors (Lipinski definition) is 2. The molecule has 1 amide bonds. The average Bonchev–Trinajstić information content (AvgIpc) is 3.38. The second kappa shape index (κ2) is 7.36. The number of amides is 1. The lowest BCUT2D eigenvalue weighted by atomic mass is 10.1. The van der Waals surface area contributed by atoms with Crippen LogP contribution >= 0.6 is 0 Å². The van der Waals surface area contributed by atoms with Crippen LogP contribution in [0.3, 0.4) is 0 Å². The summed E-state index contributed by atoms with van der Waals surface area (Å²) >= 11 is 0. The van der Waals surface area contributed by atoms with E-state index in [2.05, 4.69) is 28.9 Å². The highest BCUT2D eigenvalue weighted by Gasteiger charge is 2.31. The van der Waals surface area contributed by atoms with Gasteiger partial charge in [-0.2, -0.15) is 0 Å². The van der Waals surface area contributed by atoms with E-state index in [1.165, 1.54) is 5.56 Å². The highest BCUT2D eigenvalue weighted by molar-refractivity contribution is 5.97. The lowest BCUT2D eigenvalue weighted by Crippen LogP contribution is -2.41. The molecular weight excluding hydrogens is 328 g/mol. The number of aliphatic carboxylic acids is 1. The minimum Gasteiger partial charge on any atom is -0.480 e. The van der Waals surface area contributed by atoms with Crippen molar-refractivity contribution in [1.82, 2.24) is 9.88 Å². The van der Waals surface area contributed by atoms with Crippen molar-refractivity contribution in [3.05, 3.63) is 58.9 Å². The number of carboxylic acid groups (broad SMARTS) is 1. The van der Waals surface area contributed by atoms with Crippen molar-refractivity contribution in [1.29, 1.82) is 0 Å². The Labute approximate surface area is 154 Å². The Kier molecular flexibility index (Phi) is 5.16. The third kappa shape index (κ3) is 3.82. The summed E-state index contributed by atoms with van der Waals surface area (Å²) in [6, 6.07) is 11.3. The molecule has 1 heterocycles. The maximum atomic E-state index is 12.7. The molecule has 1 fully saturated rings. The number of aryl methyl sites for hydroxylation is 1. The van der Waals surface area contributed by atoms with Crippen LogP contribution in [0.2, 0.25) is 0 Å². The monoisotopic (exact) mass is 354 g/mol. The molecule has 0 aliphatic heterocycles. The molecule has 0 bridgehead atoms. The molecule has 138 valence electrons. The smallest absolute Gasteiger partial charge is 0.326 e. The quantitative estimate of drug-likeness (QED) is 0.796. The van der Waals surface area contributed by atoms with Crippen LogP contribution in [0.1, 0.15) is 59.5 Å². The highest BCUT2D eigenvalue weighted by atomic mass is 16.4. The zero-order chi connectivity index (χ0) is 18.8. The Morgan fingerprint density at radius 1 is 1.23 bits per heavy atom. The molecule has 26 heavy (non-hydrogen) atoms. The Bertz CT molecular complexity index is 806. The molecule has 1 aromatic carbocycles. The van der Waals surface area contributed by atoms with Gasteiger partial charge in [0.1, 0.15) is 6.04 Å². The molecule has 2 atom stereocenters. The zero-order valence-corrected chi connectivity index (χ0v) is 15.5. The van der Waals surface area contributed by atoms with Crippen LogP contribution in [0.5, 0.6) is 0 Å². The maximum Gasteiger partial charge on any atom is 0.326 e. The summed E-state index contributed by atoms with van der Waals surface area (Å²) in [5.41, 5.74) is 3.55.